The highest BCUT2D eigenvalue weighted by Crippen LogP contribution is 2.67. The molecule has 2 N–H and O–H groups in total. The van der Waals surface area contributed by atoms with Crippen molar-refractivity contribution in [1.29, 1.82) is 0 Å². The van der Waals surface area contributed by atoms with Gasteiger partial charge in [0.2, 0.25) is 5.91 Å². The highest BCUT2D eigenvalue weighted by molar-refractivity contribution is 6.99. The normalized spacial score (nSPS) is 26.5. The third-order valence-corrected chi connectivity index (χ3v) is 17.8. The Kier molecular flexibility index (Phi) is 7.25. The lowest BCUT2D eigenvalue weighted by atomic mass is 9.53. The van der Waals surface area contributed by atoms with Gasteiger partial charge in [0.05, 0.1) is 24.4 Å². The van der Waals surface area contributed by atoms with Crippen LogP contribution in [0, 0.1) is 23.7 Å². The molecule has 10 rings (SSSR count). The monoisotopic (exact) mass is 697 g/mol. The average molecular weight is 698 g/mol. The summed E-state index contributed by atoms with van der Waals surface area (Å²) < 4.78 is 15.8. The van der Waals surface area contributed by atoms with Crippen LogP contribution in [0.15, 0.2) is 103 Å². The van der Waals surface area contributed by atoms with Gasteiger partial charge in [-0.1, -0.05) is 112 Å². The van der Waals surface area contributed by atoms with Crippen molar-refractivity contribution in [2.75, 3.05) is 31.2 Å². The van der Waals surface area contributed by atoms with Gasteiger partial charge in [-0.05, 0) is 64.7 Å². The molecule has 3 aliphatic heterocycles. The Labute approximate surface area is 301 Å². The zero-order valence-electron chi connectivity index (χ0n) is 30.0. The van der Waals surface area contributed by atoms with Crippen LogP contribution in [-0.4, -0.2) is 55.1 Å². The number of anilines is 1. The highest BCUT2D eigenvalue weighted by atomic mass is 28.4. The van der Waals surface area contributed by atoms with Gasteiger partial charge in [0.1, 0.15) is 5.60 Å². The van der Waals surface area contributed by atoms with Gasteiger partial charge in [-0.25, -0.2) is 9.50 Å². The number of nitrogens with zero attached hydrogens (tertiary/aromatic N) is 4. The van der Waals surface area contributed by atoms with Crippen molar-refractivity contribution in [3.05, 3.63) is 120 Å². The number of fused-ring (bicyclic) bond motifs is 2. The molecule has 5 fully saturated rings. The maximum atomic E-state index is 13.4. The molecule has 2 aliphatic carbocycles. The summed E-state index contributed by atoms with van der Waals surface area (Å²) in [5.41, 5.74) is 9.53. The number of aryl methyl sites for hydroxylation is 1. The van der Waals surface area contributed by atoms with Gasteiger partial charge < -0.3 is 19.8 Å². The first-order valence-corrected chi connectivity index (χ1v) is 20.3. The molecule has 9 heteroatoms. The quantitative estimate of drug-likeness (QED) is 0.198. The molecule has 262 valence electrons. The van der Waals surface area contributed by atoms with E-state index in [2.05, 4.69) is 124 Å². The standard InChI is InChI=1S/C42H47N5O3Si/c1-29-22-31(46-25-40(26-46)21-20-34(40)30-14-8-5-9-15-30)23-47-37(29)44-38(45-47)42-24-41(27-49-42,35(42)36(43)48)28-50-51(39(2,3)4,32-16-10-6-11-17-32)33-18-12-7-13-19-33/h5-19,22-23,34-35H,20-21,24-28H2,1-4H3,(H2,43,48). The average Bonchev–Trinajstić information content (AvgIpc) is 3.77. The highest BCUT2D eigenvalue weighted by Gasteiger charge is 2.75. The lowest BCUT2D eigenvalue weighted by molar-refractivity contribution is -0.152. The fourth-order valence-electron chi connectivity index (χ4n) is 10.3. The van der Waals surface area contributed by atoms with E-state index in [0.29, 0.717) is 36.8 Å². The first-order valence-electron chi connectivity index (χ1n) is 18.4. The van der Waals surface area contributed by atoms with Gasteiger partial charge in [-0.2, -0.15) is 0 Å². The molecule has 2 aromatic heterocycles. The van der Waals surface area contributed by atoms with Crippen LogP contribution >= 0.6 is 0 Å². The zero-order valence-corrected chi connectivity index (χ0v) is 31.0. The van der Waals surface area contributed by atoms with Crippen LogP contribution < -0.4 is 21.0 Å². The van der Waals surface area contributed by atoms with Crippen LogP contribution in [0.2, 0.25) is 5.04 Å². The molecule has 5 aliphatic rings. The van der Waals surface area contributed by atoms with Gasteiger partial charge in [0.15, 0.2) is 11.5 Å². The van der Waals surface area contributed by atoms with E-state index in [1.807, 2.05) is 16.6 Å². The summed E-state index contributed by atoms with van der Waals surface area (Å²) in [6, 6.07) is 34.4. The summed E-state index contributed by atoms with van der Waals surface area (Å²) >= 11 is 0. The first-order chi connectivity index (χ1) is 24.5. The Balaban J connectivity index is 0.993. The number of amides is 1. The van der Waals surface area contributed by atoms with E-state index >= 15 is 0 Å². The Morgan fingerprint density at radius 3 is 2.18 bits per heavy atom. The predicted molar refractivity (Wildman–Crippen MR) is 202 cm³/mol. The topological polar surface area (TPSA) is 95.0 Å². The third kappa shape index (κ3) is 4.67. The number of benzene rings is 3. The molecule has 8 nitrogen and oxygen atoms in total. The van der Waals surface area contributed by atoms with E-state index < -0.39 is 25.3 Å². The number of pyridine rings is 1. The lowest BCUT2D eigenvalue weighted by Crippen LogP contribution is -2.69. The molecule has 5 heterocycles. The van der Waals surface area contributed by atoms with Crippen molar-refractivity contribution in [3.63, 3.8) is 0 Å². The van der Waals surface area contributed by atoms with Gasteiger partial charge in [0.25, 0.3) is 8.32 Å². The summed E-state index contributed by atoms with van der Waals surface area (Å²) in [4.78, 5) is 20.9. The zero-order chi connectivity index (χ0) is 35.2. The first kappa shape index (κ1) is 32.6. The Morgan fingerprint density at radius 2 is 1.61 bits per heavy atom. The molecule has 1 spiro atoms. The fourth-order valence-corrected chi connectivity index (χ4v) is 14.9. The molecule has 2 bridgehead atoms. The van der Waals surface area contributed by atoms with E-state index in [9.17, 15) is 4.79 Å². The van der Waals surface area contributed by atoms with E-state index in [4.69, 9.17) is 25.0 Å². The number of carbonyl (C=O) groups is 1. The predicted octanol–water partition coefficient (Wildman–Crippen LogP) is 5.72. The van der Waals surface area contributed by atoms with Gasteiger partial charge in [0, 0.05) is 30.5 Å². The summed E-state index contributed by atoms with van der Waals surface area (Å²) in [5, 5.41) is 7.24. The maximum absolute atomic E-state index is 13.4. The van der Waals surface area contributed by atoms with Crippen molar-refractivity contribution < 1.29 is 14.0 Å². The molecule has 3 aromatic carbocycles. The number of aromatic nitrogens is 3. The van der Waals surface area contributed by atoms with Crippen LogP contribution in [0.25, 0.3) is 5.65 Å². The SMILES string of the molecule is Cc1cc(N2CC3(CCC3c3ccccc3)C2)cn2nc(C34CC(CO[Si](c5ccccc5)(c5ccccc5)C(C)(C)C)(CO3)C4C(N)=O)nc12. The Morgan fingerprint density at radius 1 is 0.980 bits per heavy atom. The Hall–Kier alpha value is -4.31. The molecule has 4 unspecified atom stereocenters. The van der Waals surface area contributed by atoms with Crippen LogP contribution in [0.3, 0.4) is 0 Å². The minimum atomic E-state index is -2.84. The van der Waals surface area contributed by atoms with Crippen molar-refractivity contribution in [2.45, 2.75) is 63.5 Å². The molecule has 3 saturated heterocycles. The van der Waals surface area contributed by atoms with Crippen molar-refractivity contribution >= 4 is 35.9 Å². The number of rotatable bonds is 9. The molecule has 5 aromatic rings. The fraction of sp³-hybridized carbons (Fsp3) is 0.405. The lowest BCUT2D eigenvalue weighted by Gasteiger charge is -2.61. The maximum Gasteiger partial charge on any atom is 0.261 e. The van der Waals surface area contributed by atoms with E-state index in [0.717, 1.165) is 30.0 Å². The Bertz CT molecular complexity index is 2070. The molecule has 0 radical (unpaired) electrons. The molecular formula is C42H47N5O3Si. The van der Waals surface area contributed by atoms with Crippen molar-refractivity contribution in [3.8, 4) is 0 Å². The summed E-state index contributed by atoms with van der Waals surface area (Å²) in [5.74, 6) is 0.180. The van der Waals surface area contributed by atoms with Crippen LogP contribution in [0.4, 0.5) is 5.69 Å². The van der Waals surface area contributed by atoms with Crippen LogP contribution in [-0.2, 0) is 19.6 Å². The second kappa shape index (κ2) is 11.3. The molecule has 4 atom stereocenters. The second-order valence-electron chi connectivity index (χ2n) is 16.8. The molecular weight excluding hydrogens is 651 g/mol. The minimum absolute atomic E-state index is 0.190. The van der Waals surface area contributed by atoms with Crippen LogP contribution in [0.1, 0.15) is 62.9 Å². The molecule has 1 amide bonds. The van der Waals surface area contributed by atoms with E-state index in [-0.39, 0.29) is 10.9 Å². The smallest absolute Gasteiger partial charge is 0.261 e. The van der Waals surface area contributed by atoms with Crippen molar-refractivity contribution in [1.82, 2.24) is 14.6 Å². The van der Waals surface area contributed by atoms with Gasteiger partial charge in [-0.3, -0.25) is 4.79 Å². The number of carbonyl (C=O) groups excluding carboxylic acids is 1. The number of hydrogen-bond donors (Lipinski definition) is 1. The number of hydrogen-bond acceptors (Lipinski definition) is 6. The van der Waals surface area contributed by atoms with Gasteiger partial charge in [-0.15, -0.1) is 5.10 Å². The summed E-state index contributed by atoms with van der Waals surface area (Å²) in [7, 11) is -2.84. The van der Waals surface area contributed by atoms with Crippen LogP contribution in [0.5, 0.6) is 0 Å². The largest absolute Gasteiger partial charge is 0.407 e. The van der Waals surface area contributed by atoms with E-state index in [1.165, 1.54) is 28.8 Å². The minimum Gasteiger partial charge on any atom is -0.407 e. The number of nitrogens with two attached hydrogens (primary N) is 1. The van der Waals surface area contributed by atoms with Gasteiger partial charge >= 0.3 is 0 Å². The van der Waals surface area contributed by atoms with Crippen molar-refractivity contribution in [2.24, 2.45) is 22.5 Å². The summed E-state index contributed by atoms with van der Waals surface area (Å²) in [6.07, 6.45) is 5.21. The molecule has 2 saturated carbocycles. The third-order valence-electron chi connectivity index (χ3n) is 12.8. The molecule has 51 heavy (non-hydrogen) atoms. The second-order valence-corrected chi connectivity index (χ2v) is 21.1. The number of ether oxygens (including phenoxy) is 1. The number of primary amides is 1. The van der Waals surface area contributed by atoms with E-state index in [1.54, 1.807) is 0 Å². The summed E-state index contributed by atoms with van der Waals surface area (Å²) in [6.45, 7) is 11.7.